The molecule has 0 spiro atoms. The smallest absolute Gasteiger partial charge is 0.129 e. The molecule has 0 radical (unpaired) electrons. The normalized spacial score (nSPS) is 10.8. The topological polar surface area (TPSA) is 30.8 Å². The second kappa shape index (κ2) is 8.11. The summed E-state index contributed by atoms with van der Waals surface area (Å²) in [4.78, 5) is 4.43. The lowest BCUT2D eigenvalue weighted by Crippen LogP contribution is -1.98. The number of ether oxygens (including phenoxy) is 2. The minimum absolute atomic E-state index is 0.186. The fourth-order valence-corrected chi connectivity index (χ4v) is 2.28. The van der Waals surface area contributed by atoms with Crippen molar-refractivity contribution in [2.75, 3.05) is 7.11 Å². The van der Waals surface area contributed by atoms with Crippen LogP contribution in [0.4, 0.5) is 10.1 Å². The summed E-state index contributed by atoms with van der Waals surface area (Å²) in [6, 6.07) is 21.6. The SMILES string of the molecule is COc1ccc(N=Cc2cccc(OCc3ccccc3F)c2)cc1. The van der Waals surface area contributed by atoms with Crippen LogP contribution in [0, 0.1) is 5.82 Å². The first kappa shape index (κ1) is 16.7. The van der Waals surface area contributed by atoms with Crippen LogP contribution in [0.1, 0.15) is 11.1 Å². The van der Waals surface area contributed by atoms with Gasteiger partial charge in [-0.25, -0.2) is 4.39 Å². The van der Waals surface area contributed by atoms with E-state index in [0.29, 0.717) is 11.3 Å². The molecule has 0 fully saturated rings. The summed E-state index contributed by atoms with van der Waals surface area (Å²) in [5, 5.41) is 0. The van der Waals surface area contributed by atoms with Crippen molar-refractivity contribution in [3.63, 3.8) is 0 Å². The Morgan fingerprint density at radius 2 is 1.72 bits per heavy atom. The minimum Gasteiger partial charge on any atom is -0.497 e. The van der Waals surface area contributed by atoms with Crippen LogP contribution in [-0.2, 0) is 6.61 Å². The largest absolute Gasteiger partial charge is 0.497 e. The summed E-state index contributed by atoms with van der Waals surface area (Å²) in [5.41, 5.74) is 2.26. The lowest BCUT2D eigenvalue weighted by Gasteiger charge is -2.07. The average Bonchev–Trinajstić information content (AvgIpc) is 2.66. The van der Waals surface area contributed by atoms with E-state index in [1.54, 1.807) is 31.5 Å². The van der Waals surface area contributed by atoms with Crippen LogP contribution in [0.5, 0.6) is 11.5 Å². The van der Waals surface area contributed by atoms with Gasteiger partial charge < -0.3 is 9.47 Å². The van der Waals surface area contributed by atoms with Crippen LogP contribution in [0.25, 0.3) is 0 Å². The summed E-state index contributed by atoms with van der Waals surface area (Å²) >= 11 is 0. The number of rotatable bonds is 6. The highest BCUT2D eigenvalue weighted by molar-refractivity contribution is 5.82. The maximum Gasteiger partial charge on any atom is 0.129 e. The Bertz CT molecular complexity index is 860. The van der Waals surface area contributed by atoms with E-state index in [-0.39, 0.29) is 12.4 Å². The van der Waals surface area contributed by atoms with Crippen molar-refractivity contribution in [2.45, 2.75) is 6.61 Å². The number of aliphatic imine (C=N–C) groups is 1. The maximum absolute atomic E-state index is 13.6. The van der Waals surface area contributed by atoms with Crippen LogP contribution in [0.2, 0.25) is 0 Å². The number of hydrogen-bond acceptors (Lipinski definition) is 3. The third-order valence-corrected chi connectivity index (χ3v) is 3.65. The lowest BCUT2D eigenvalue weighted by molar-refractivity contribution is 0.300. The standard InChI is InChI=1S/C21H18FNO2/c1-24-19-11-9-18(10-12-19)23-14-16-5-4-7-20(13-16)25-15-17-6-2-3-8-21(17)22/h2-14H,15H2,1H3. The first-order valence-corrected chi connectivity index (χ1v) is 7.89. The number of methoxy groups -OCH3 is 1. The van der Waals surface area contributed by atoms with Crippen LogP contribution in [0.15, 0.2) is 77.8 Å². The third-order valence-electron chi connectivity index (χ3n) is 3.65. The van der Waals surface area contributed by atoms with E-state index in [4.69, 9.17) is 9.47 Å². The van der Waals surface area contributed by atoms with Crippen LogP contribution in [-0.4, -0.2) is 13.3 Å². The van der Waals surface area contributed by atoms with Gasteiger partial charge >= 0.3 is 0 Å². The zero-order valence-corrected chi connectivity index (χ0v) is 13.9. The molecule has 0 amide bonds. The molecule has 3 aromatic rings. The first-order chi connectivity index (χ1) is 12.2. The highest BCUT2D eigenvalue weighted by Gasteiger charge is 2.02. The zero-order chi connectivity index (χ0) is 17.5. The molecule has 3 aromatic carbocycles. The van der Waals surface area contributed by atoms with Gasteiger partial charge in [0.1, 0.15) is 23.9 Å². The van der Waals surface area contributed by atoms with Crippen LogP contribution >= 0.6 is 0 Å². The van der Waals surface area contributed by atoms with Crippen molar-refractivity contribution in [3.05, 3.63) is 89.7 Å². The van der Waals surface area contributed by atoms with Crippen LogP contribution in [0.3, 0.4) is 0 Å². The predicted molar refractivity (Wildman–Crippen MR) is 97.4 cm³/mol. The Balaban J connectivity index is 1.66. The molecule has 0 aliphatic carbocycles. The van der Waals surface area contributed by atoms with E-state index >= 15 is 0 Å². The molecule has 0 saturated carbocycles. The quantitative estimate of drug-likeness (QED) is 0.582. The summed E-state index contributed by atoms with van der Waals surface area (Å²) in [6.45, 7) is 0.186. The molecule has 0 aliphatic heterocycles. The highest BCUT2D eigenvalue weighted by Crippen LogP contribution is 2.19. The predicted octanol–water partition coefficient (Wildman–Crippen LogP) is 5.16. The monoisotopic (exact) mass is 335 g/mol. The number of hydrogen-bond donors (Lipinski definition) is 0. The Labute approximate surface area is 146 Å². The molecule has 0 saturated heterocycles. The van der Waals surface area contributed by atoms with Gasteiger partial charge in [0, 0.05) is 11.8 Å². The van der Waals surface area contributed by atoms with E-state index in [2.05, 4.69) is 4.99 Å². The van der Waals surface area contributed by atoms with Crippen molar-refractivity contribution in [1.82, 2.24) is 0 Å². The summed E-state index contributed by atoms with van der Waals surface area (Å²) in [6.07, 6.45) is 1.76. The summed E-state index contributed by atoms with van der Waals surface area (Å²) in [7, 11) is 1.63. The molecule has 0 unspecified atom stereocenters. The van der Waals surface area contributed by atoms with Crippen molar-refractivity contribution >= 4 is 11.9 Å². The molecule has 0 heterocycles. The van der Waals surface area contributed by atoms with Gasteiger partial charge in [-0.1, -0.05) is 30.3 Å². The lowest BCUT2D eigenvalue weighted by atomic mass is 10.2. The number of benzene rings is 3. The van der Waals surface area contributed by atoms with Crippen molar-refractivity contribution in [2.24, 2.45) is 4.99 Å². The Kier molecular flexibility index (Phi) is 5.42. The zero-order valence-electron chi connectivity index (χ0n) is 13.9. The Hall–Kier alpha value is -3.14. The maximum atomic E-state index is 13.6. The van der Waals surface area contributed by atoms with Crippen molar-refractivity contribution in [3.8, 4) is 11.5 Å². The number of nitrogens with zero attached hydrogens (tertiary/aromatic N) is 1. The van der Waals surface area contributed by atoms with E-state index in [1.165, 1.54) is 6.07 Å². The Morgan fingerprint density at radius 1 is 0.920 bits per heavy atom. The fourth-order valence-electron chi connectivity index (χ4n) is 2.28. The second-order valence-electron chi connectivity index (χ2n) is 5.41. The average molecular weight is 335 g/mol. The fraction of sp³-hybridized carbons (Fsp3) is 0.0952. The van der Waals surface area contributed by atoms with Gasteiger partial charge in [-0.15, -0.1) is 0 Å². The molecule has 0 N–H and O–H groups in total. The molecule has 25 heavy (non-hydrogen) atoms. The van der Waals surface area contributed by atoms with Gasteiger partial charge in [0.05, 0.1) is 12.8 Å². The molecule has 126 valence electrons. The molecule has 3 nitrogen and oxygen atoms in total. The molecule has 4 heteroatoms. The highest BCUT2D eigenvalue weighted by atomic mass is 19.1. The Morgan fingerprint density at radius 3 is 2.48 bits per heavy atom. The molecule has 0 aliphatic rings. The van der Waals surface area contributed by atoms with Gasteiger partial charge in [-0.2, -0.15) is 0 Å². The molecule has 0 aromatic heterocycles. The summed E-state index contributed by atoms with van der Waals surface area (Å²) < 4.78 is 24.4. The summed E-state index contributed by atoms with van der Waals surface area (Å²) in [5.74, 6) is 1.20. The van der Waals surface area contributed by atoms with E-state index in [0.717, 1.165) is 17.0 Å². The van der Waals surface area contributed by atoms with Crippen LogP contribution < -0.4 is 9.47 Å². The minimum atomic E-state index is -0.264. The van der Waals surface area contributed by atoms with Crippen molar-refractivity contribution < 1.29 is 13.9 Å². The molecular formula is C21H18FNO2. The first-order valence-electron chi connectivity index (χ1n) is 7.89. The molecule has 0 atom stereocenters. The van der Waals surface area contributed by atoms with Gasteiger partial charge in [0.2, 0.25) is 0 Å². The van der Waals surface area contributed by atoms with Gasteiger partial charge in [0.15, 0.2) is 0 Å². The number of halogens is 1. The van der Waals surface area contributed by atoms with E-state index in [1.807, 2.05) is 48.5 Å². The van der Waals surface area contributed by atoms with Gasteiger partial charge in [-0.05, 0) is 48.0 Å². The second-order valence-corrected chi connectivity index (χ2v) is 5.41. The van der Waals surface area contributed by atoms with E-state index in [9.17, 15) is 4.39 Å². The molecule has 0 bridgehead atoms. The van der Waals surface area contributed by atoms with E-state index < -0.39 is 0 Å². The molecule has 3 rings (SSSR count). The molecular weight excluding hydrogens is 317 g/mol. The van der Waals surface area contributed by atoms with Gasteiger partial charge in [0.25, 0.3) is 0 Å². The third kappa shape index (κ3) is 4.67. The van der Waals surface area contributed by atoms with Gasteiger partial charge in [-0.3, -0.25) is 4.99 Å². The van der Waals surface area contributed by atoms with Crippen molar-refractivity contribution in [1.29, 1.82) is 0 Å².